The Morgan fingerprint density at radius 2 is 1.76 bits per heavy atom. The Kier molecular flexibility index (Phi) is 6.79. The quantitative estimate of drug-likeness (QED) is 0.728. The van der Waals surface area contributed by atoms with Gasteiger partial charge in [-0.05, 0) is 52.2 Å². The molecule has 2 aromatic rings. The van der Waals surface area contributed by atoms with Crippen molar-refractivity contribution in [2.24, 2.45) is 0 Å². The summed E-state index contributed by atoms with van der Waals surface area (Å²) in [5.41, 5.74) is 0.542. The fourth-order valence-corrected chi connectivity index (χ4v) is 3.87. The molecular weight excluding hydrogens is 388 g/mol. The molecule has 1 aromatic carbocycles. The molecule has 1 saturated heterocycles. The maximum absolute atomic E-state index is 12.2. The molecule has 0 unspecified atom stereocenters. The number of amides is 3. The summed E-state index contributed by atoms with van der Waals surface area (Å²) in [6.45, 7) is 7.47. The molecule has 29 heavy (non-hydrogen) atoms. The molecule has 3 amide bonds. The lowest BCUT2D eigenvalue weighted by Gasteiger charge is -2.27. The normalized spacial score (nSPS) is 14.5. The average molecular weight is 417 g/mol. The lowest BCUT2D eigenvalue weighted by molar-refractivity contribution is -0.117. The lowest BCUT2D eigenvalue weighted by atomic mass is 10.1. The number of carbonyl (C=O) groups excluding carboxylic acids is 2. The van der Waals surface area contributed by atoms with Gasteiger partial charge in [-0.3, -0.25) is 14.7 Å². The summed E-state index contributed by atoms with van der Waals surface area (Å²) >= 11 is 1.27. The van der Waals surface area contributed by atoms with E-state index in [4.69, 9.17) is 0 Å². The fraction of sp³-hybridized carbons (Fsp3) is 0.500. The zero-order chi connectivity index (χ0) is 20.9. The van der Waals surface area contributed by atoms with Gasteiger partial charge in [0.1, 0.15) is 0 Å². The van der Waals surface area contributed by atoms with Crippen molar-refractivity contribution in [2.75, 3.05) is 23.7 Å². The van der Waals surface area contributed by atoms with Crippen LogP contribution in [0.25, 0.3) is 5.69 Å². The molecule has 0 radical (unpaired) electrons. The van der Waals surface area contributed by atoms with Gasteiger partial charge in [-0.1, -0.05) is 30.0 Å². The Morgan fingerprint density at radius 1 is 1.07 bits per heavy atom. The third kappa shape index (κ3) is 5.96. The minimum absolute atomic E-state index is 0.0720. The highest BCUT2D eigenvalue weighted by Crippen LogP contribution is 2.28. The highest BCUT2D eigenvalue weighted by molar-refractivity contribution is 7.99. The van der Waals surface area contributed by atoms with E-state index in [0.717, 1.165) is 37.6 Å². The minimum atomic E-state index is -0.498. The first-order valence-corrected chi connectivity index (χ1v) is 10.8. The number of thioether (sulfide) groups is 1. The number of para-hydroxylation sites is 1. The van der Waals surface area contributed by atoms with E-state index in [-0.39, 0.29) is 11.7 Å². The Morgan fingerprint density at radius 3 is 2.41 bits per heavy atom. The minimum Gasteiger partial charge on any atom is -0.341 e. The maximum atomic E-state index is 12.2. The summed E-state index contributed by atoms with van der Waals surface area (Å²) in [6.07, 6.45) is 3.50. The van der Waals surface area contributed by atoms with Gasteiger partial charge in [-0.15, -0.1) is 10.2 Å². The van der Waals surface area contributed by atoms with Crippen molar-refractivity contribution in [3.05, 3.63) is 30.3 Å². The van der Waals surface area contributed by atoms with Gasteiger partial charge >= 0.3 is 6.03 Å². The van der Waals surface area contributed by atoms with Crippen LogP contribution in [0.3, 0.4) is 0 Å². The molecular formula is C20H28N6O2S. The van der Waals surface area contributed by atoms with E-state index in [9.17, 15) is 9.59 Å². The van der Waals surface area contributed by atoms with Crippen molar-refractivity contribution < 1.29 is 9.59 Å². The number of anilines is 1. The number of aromatic nitrogens is 3. The second-order valence-electron chi connectivity index (χ2n) is 8.04. The number of nitrogens with one attached hydrogen (secondary N) is 2. The summed E-state index contributed by atoms with van der Waals surface area (Å²) in [6, 6.07) is 9.39. The number of piperidine rings is 1. The zero-order valence-corrected chi connectivity index (χ0v) is 18.0. The second-order valence-corrected chi connectivity index (χ2v) is 8.98. The van der Waals surface area contributed by atoms with Crippen molar-refractivity contribution in [1.29, 1.82) is 0 Å². The Bertz CT molecular complexity index is 840. The molecule has 1 aliphatic heterocycles. The summed E-state index contributed by atoms with van der Waals surface area (Å²) in [7, 11) is 0. The molecule has 0 saturated carbocycles. The topological polar surface area (TPSA) is 92.2 Å². The van der Waals surface area contributed by atoms with Crippen LogP contribution >= 0.6 is 11.8 Å². The zero-order valence-electron chi connectivity index (χ0n) is 17.1. The van der Waals surface area contributed by atoms with E-state index in [0.29, 0.717) is 5.16 Å². The second kappa shape index (κ2) is 9.30. The van der Waals surface area contributed by atoms with Gasteiger partial charge in [0.05, 0.1) is 11.4 Å². The number of urea groups is 1. The van der Waals surface area contributed by atoms with E-state index in [2.05, 4.69) is 25.7 Å². The molecule has 2 heterocycles. The van der Waals surface area contributed by atoms with E-state index in [1.165, 1.54) is 18.2 Å². The van der Waals surface area contributed by atoms with Crippen LogP contribution < -0.4 is 15.5 Å². The molecule has 156 valence electrons. The van der Waals surface area contributed by atoms with E-state index in [1.54, 1.807) is 0 Å². The molecule has 8 nitrogen and oxygen atoms in total. The summed E-state index contributed by atoms with van der Waals surface area (Å²) < 4.78 is 1.98. The van der Waals surface area contributed by atoms with Gasteiger partial charge in [-0.2, -0.15) is 0 Å². The van der Waals surface area contributed by atoms with E-state index >= 15 is 0 Å². The monoisotopic (exact) mass is 416 g/mol. The first-order chi connectivity index (χ1) is 13.8. The maximum Gasteiger partial charge on any atom is 0.321 e. The molecule has 0 atom stereocenters. The smallest absolute Gasteiger partial charge is 0.321 e. The van der Waals surface area contributed by atoms with Gasteiger partial charge in [0.15, 0.2) is 5.16 Å². The van der Waals surface area contributed by atoms with Crippen LogP contribution in [-0.4, -0.2) is 51.1 Å². The summed E-state index contributed by atoms with van der Waals surface area (Å²) in [4.78, 5) is 26.3. The van der Waals surface area contributed by atoms with Crippen molar-refractivity contribution in [2.45, 2.75) is 50.7 Å². The molecule has 1 aliphatic rings. The van der Waals surface area contributed by atoms with Gasteiger partial charge in [0.2, 0.25) is 11.9 Å². The summed E-state index contributed by atoms with van der Waals surface area (Å²) in [5, 5.41) is 14.4. The van der Waals surface area contributed by atoms with Crippen molar-refractivity contribution in [3.8, 4) is 5.69 Å². The Balaban J connectivity index is 1.73. The number of hydrogen-bond acceptors (Lipinski definition) is 6. The van der Waals surface area contributed by atoms with E-state index < -0.39 is 11.6 Å². The average Bonchev–Trinajstić information content (AvgIpc) is 3.10. The van der Waals surface area contributed by atoms with Crippen LogP contribution in [0, 0.1) is 0 Å². The lowest BCUT2D eigenvalue weighted by Crippen LogP contribution is -2.48. The predicted octanol–water partition coefficient (Wildman–Crippen LogP) is 2.97. The number of rotatable bonds is 5. The Hall–Kier alpha value is -2.55. The number of hydrogen-bond donors (Lipinski definition) is 2. The highest BCUT2D eigenvalue weighted by Gasteiger charge is 2.22. The van der Waals surface area contributed by atoms with Gasteiger partial charge < -0.3 is 10.2 Å². The highest BCUT2D eigenvalue weighted by atomic mass is 32.2. The van der Waals surface area contributed by atoms with Crippen molar-refractivity contribution in [3.63, 3.8) is 0 Å². The molecule has 1 aromatic heterocycles. The first-order valence-electron chi connectivity index (χ1n) is 9.84. The van der Waals surface area contributed by atoms with Gasteiger partial charge in [-0.25, -0.2) is 4.79 Å². The van der Waals surface area contributed by atoms with Crippen LogP contribution in [0.2, 0.25) is 0 Å². The first kappa shape index (κ1) is 21.2. The van der Waals surface area contributed by atoms with Crippen molar-refractivity contribution >= 4 is 29.6 Å². The summed E-state index contributed by atoms with van der Waals surface area (Å²) in [5.74, 6) is 0.492. The van der Waals surface area contributed by atoms with Crippen molar-refractivity contribution in [1.82, 2.24) is 25.4 Å². The standard InChI is InChI=1S/C20H28N6O2S/c1-20(2,3)22-17(28)21-16(27)14-29-19-24-23-18(25-12-8-5-9-13-25)26(19)15-10-6-4-7-11-15/h4,6-7,10-11H,5,8-9,12-14H2,1-3H3,(H2,21,22,27,28). The van der Waals surface area contributed by atoms with Crippen LogP contribution in [0.5, 0.6) is 0 Å². The molecule has 1 fully saturated rings. The predicted molar refractivity (Wildman–Crippen MR) is 115 cm³/mol. The van der Waals surface area contributed by atoms with Crippen LogP contribution in [0.15, 0.2) is 35.5 Å². The number of benzene rings is 1. The third-order valence-electron chi connectivity index (χ3n) is 4.34. The van der Waals surface area contributed by atoms with Crippen LogP contribution in [-0.2, 0) is 4.79 Å². The molecule has 0 aliphatic carbocycles. The molecule has 3 rings (SSSR count). The van der Waals surface area contributed by atoms with Gasteiger partial charge in [0, 0.05) is 18.6 Å². The fourth-order valence-electron chi connectivity index (χ4n) is 3.12. The molecule has 9 heteroatoms. The van der Waals surface area contributed by atoms with E-state index in [1.807, 2.05) is 55.7 Å². The Labute approximate surface area is 175 Å². The molecule has 0 spiro atoms. The molecule has 2 N–H and O–H groups in total. The number of nitrogens with zero attached hydrogens (tertiary/aromatic N) is 4. The number of imide groups is 1. The number of carbonyl (C=O) groups is 2. The largest absolute Gasteiger partial charge is 0.341 e. The van der Waals surface area contributed by atoms with Gasteiger partial charge in [0.25, 0.3) is 0 Å². The molecule has 0 bridgehead atoms. The third-order valence-corrected chi connectivity index (χ3v) is 5.27. The SMILES string of the molecule is CC(C)(C)NC(=O)NC(=O)CSc1nnc(N2CCCCC2)n1-c1ccccc1. The van der Waals surface area contributed by atoms with Crippen LogP contribution in [0.1, 0.15) is 40.0 Å². The van der Waals surface area contributed by atoms with Crippen LogP contribution in [0.4, 0.5) is 10.7 Å².